The largest absolute Gasteiger partial charge is 0.462 e. The molecule has 25 heavy (non-hydrogen) atoms. The number of hydrogen-bond donors (Lipinski definition) is 2. The van der Waals surface area contributed by atoms with E-state index in [1.54, 1.807) is 25.1 Å². The van der Waals surface area contributed by atoms with Crippen molar-refractivity contribution in [2.75, 3.05) is 11.9 Å². The Balaban J connectivity index is 1.86. The van der Waals surface area contributed by atoms with E-state index >= 15 is 0 Å². The van der Waals surface area contributed by atoms with E-state index in [-0.39, 0.29) is 18.2 Å². The highest BCUT2D eigenvalue weighted by Gasteiger charge is 2.30. The fourth-order valence-electron chi connectivity index (χ4n) is 2.32. The Kier molecular flexibility index (Phi) is 4.35. The van der Waals surface area contributed by atoms with Gasteiger partial charge in [-0.3, -0.25) is 0 Å². The molecule has 0 fully saturated rings. The molecule has 5 nitrogen and oxygen atoms in total. The Bertz CT molecular complexity index is 919. The van der Waals surface area contributed by atoms with Crippen molar-refractivity contribution in [3.8, 4) is 0 Å². The molecule has 2 aromatic carbocycles. The smallest absolute Gasteiger partial charge is 0.416 e. The number of rotatable bonds is 4. The minimum absolute atomic E-state index is 0.250. The Hall–Kier alpha value is -3.03. The number of benzene rings is 2. The van der Waals surface area contributed by atoms with Gasteiger partial charge in [0.2, 0.25) is 5.95 Å². The van der Waals surface area contributed by atoms with Crippen molar-refractivity contribution in [2.45, 2.75) is 13.1 Å². The van der Waals surface area contributed by atoms with Crippen molar-refractivity contribution >= 4 is 28.6 Å². The Morgan fingerprint density at radius 2 is 2.04 bits per heavy atom. The SMILES string of the molecule is CCOC(=O)c1ccc2nc(Nc3cccc(C(F)(F)F)c3)[nH]c2c1. The first kappa shape index (κ1) is 16.8. The number of halogens is 3. The van der Waals surface area contributed by atoms with E-state index in [0.717, 1.165) is 12.1 Å². The highest BCUT2D eigenvalue weighted by molar-refractivity contribution is 5.94. The number of nitrogens with one attached hydrogen (secondary N) is 2. The van der Waals surface area contributed by atoms with Crippen molar-refractivity contribution in [3.63, 3.8) is 0 Å². The Morgan fingerprint density at radius 1 is 1.24 bits per heavy atom. The van der Waals surface area contributed by atoms with Crippen LogP contribution in [0.5, 0.6) is 0 Å². The monoisotopic (exact) mass is 349 g/mol. The molecule has 0 radical (unpaired) electrons. The maximum atomic E-state index is 12.8. The second-order valence-electron chi connectivity index (χ2n) is 5.24. The molecule has 130 valence electrons. The quantitative estimate of drug-likeness (QED) is 0.681. The number of imidazole rings is 1. The zero-order valence-electron chi connectivity index (χ0n) is 13.1. The molecule has 1 heterocycles. The second-order valence-corrected chi connectivity index (χ2v) is 5.24. The van der Waals surface area contributed by atoms with E-state index in [9.17, 15) is 18.0 Å². The first-order chi connectivity index (χ1) is 11.9. The molecule has 0 aliphatic rings. The third kappa shape index (κ3) is 3.73. The molecule has 0 aliphatic carbocycles. The number of aromatic nitrogens is 2. The van der Waals surface area contributed by atoms with Crippen LogP contribution in [0.25, 0.3) is 11.0 Å². The predicted octanol–water partition coefficient (Wildman–Crippen LogP) is 4.50. The summed E-state index contributed by atoms with van der Waals surface area (Å²) in [6.07, 6.45) is -4.42. The van der Waals surface area contributed by atoms with Crippen LogP contribution in [0, 0.1) is 0 Å². The molecule has 3 rings (SSSR count). The lowest BCUT2D eigenvalue weighted by Gasteiger charge is -2.08. The van der Waals surface area contributed by atoms with E-state index in [1.165, 1.54) is 12.1 Å². The minimum atomic E-state index is -4.42. The van der Waals surface area contributed by atoms with Gasteiger partial charge in [-0.25, -0.2) is 9.78 Å². The van der Waals surface area contributed by atoms with Crippen LogP contribution in [0.3, 0.4) is 0 Å². The van der Waals surface area contributed by atoms with Gasteiger partial charge in [0.05, 0.1) is 28.8 Å². The van der Waals surface area contributed by atoms with Crippen molar-refractivity contribution in [3.05, 3.63) is 53.6 Å². The third-order valence-corrected chi connectivity index (χ3v) is 3.45. The van der Waals surface area contributed by atoms with Gasteiger partial charge >= 0.3 is 12.1 Å². The highest BCUT2D eigenvalue weighted by Crippen LogP contribution is 2.31. The Morgan fingerprint density at radius 3 is 2.76 bits per heavy atom. The number of nitrogens with zero attached hydrogens (tertiary/aromatic N) is 1. The van der Waals surface area contributed by atoms with Gasteiger partial charge in [0.25, 0.3) is 0 Å². The van der Waals surface area contributed by atoms with Gasteiger partial charge in [0.15, 0.2) is 0 Å². The summed E-state index contributed by atoms with van der Waals surface area (Å²) in [6, 6.07) is 9.61. The summed E-state index contributed by atoms with van der Waals surface area (Å²) in [5.41, 5.74) is 1.00. The van der Waals surface area contributed by atoms with Gasteiger partial charge in [-0.1, -0.05) is 6.07 Å². The van der Waals surface area contributed by atoms with Gasteiger partial charge in [0.1, 0.15) is 0 Å². The lowest BCUT2D eigenvalue weighted by molar-refractivity contribution is -0.137. The summed E-state index contributed by atoms with van der Waals surface area (Å²) in [7, 11) is 0. The molecule has 0 aliphatic heterocycles. The average Bonchev–Trinajstić information content (AvgIpc) is 2.95. The van der Waals surface area contributed by atoms with Gasteiger partial charge < -0.3 is 15.0 Å². The molecule has 0 amide bonds. The molecular weight excluding hydrogens is 335 g/mol. The van der Waals surface area contributed by atoms with E-state index in [4.69, 9.17) is 4.74 Å². The number of esters is 1. The van der Waals surface area contributed by atoms with E-state index in [2.05, 4.69) is 15.3 Å². The fourth-order valence-corrected chi connectivity index (χ4v) is 2.32. The van der Waals surface area contributed by atoms with Gasteiger partial charge in [-0.05, 0) is 43.3 Å². The molecule has 8 heteroatoms. The zero-order chi connectivity index (χ0) is 18.0. The summed E-state index contributed by atoms with van der Waals surface area (Å²) in [4.78, 5) is 18.9. The van der Waals surface area contributed by atoms with Crippen molar-refractivity contribution in [1.82, 2.24) is 9.97 Å². The summed E-state index contributed by atoms with van der Waals surface area (Å²) >= 11 is 0. The number of hydrogen-bond acceptors (Lipinski definition) is 4. The average molecular weight is 349 g/mol. The number of H-pyrrole nitrogens is 1. The number of anilines is 2. The normalized spacial score (nSPS) is 11.5. The number of carbonyl (C=O) groups excluding carboxylic acids is 1. The number of ether oxygens (including phenoxy) is 1. The first-order valence-corrected chi connectivity index (χ1v) is 7.48. The molecule has 2 N–H and O–H groups in total. The molecule has 0 bridgehead atoms. The molecular formula is C17H14F3N3O2. The van der Waals surface area contributed by atoms with Crippen LogP contribution < -0.4 is 5.32 Å². The van der Waals surface area contributed by atoms with Crippen LogP contribution in [0.2, 0.25) is 0 Å². The third-order valence-electron chi connectivity index (χ3n) is 3.45. The maximum Gasteiger partial charge on any atom is 0.416 e. The minimum Gasteiger partial charge on any atom is -0.462 e. The molecule has 3 aromatic rings. The van der Waals surface area contributed by atoms with Crippen LogP contribution in [-0.2, 0) is 10.9 Å². The summed E-state index contributed by atoms with van der Waals surface area (Å²) in [5.74, 6) is -0.179. The van der Waals surface area contributed by atoms with Crippen LogP contribution in [-0.4, -0.2) is 22.5 Å². The van der Waals surface area contributed by atoms with Crippen LogP contribution in [0.15, 0.2) is 42.5 Å². The topological polar surface area (TPSA) is 67.0 Å². The van der Waals surface area contributed by atoms with Gasteiger partial charge in [0, 0.05) is 5.69 Å². The zero-order valence-corrected chi connectivity index (χ0v) is 13.1. The molecule has 1 aromatic heterocycles. The van der Waals surface area contributed by atoms with E-state index in [1.807, 2.05) is 0 Å². The lowest BCUT2D eigenvalue weighted by atomic mass is 10.2. The van der Waals surface area contributed by atoms with Crippen molar-refractivity contribution in [2.24, 2.45) is 0 Å². The second kappa shape index (κ2) is 6.46. The standard InChI is InChI=1S/C17H14F3N3O2/c1-2-25-15(24)10-6-7-13-14(8-10)23-16(22-13)21-12-5-3-4-11(9-12)17(18,19)20/h3-9H,2H2,1H3,(H2,21,22,23). The van der Waals surface area contributed by atoms with Crippen LogP contribution in [0.4, 0.5) is 24.8 Å². The summed E-state index contributed by atoms with van der Waals surface area (Å²) < 4.78 is 43.2. The van der Waals surface area contributed by atoms with E-state index in [0.29, 0.717) is 16.6 Å². The molecule has 0 spiro atoms. The first-order valence-electron chi connectivity index (χ1n) is 7.48. The van der Waals surface area contributed by atoms with Crippen molar-refractivity contribution in [1.29, 1.82) is 0 Å². The maximum absolute atomic E-state index is 12.8. The van der Waals surface area contributed by atoms with Crippen LogP contribution >= 0.6 is 0 Å². The summed E-state index contributed by atoms with van der Waals surface area (Å²) in [6.45, 7) is 1.98. The Labute approximate surface area is 140 Å². The molecule has 0 saturated carbocycles. The molecule has 0 unspecified atom stereocenters. The van der Waals surface area contributed by atoms with Crippen LogP contribution in [0.1, 0.15) is 22.8 Å². The van der Waals surface area contributed by atoms with E-state index < -0.39 is 17.7 Å². The summed E-state index contributed by atoms with van der Waals surface area (Å²) in [5, 5.41) is 2.80. The predicted molar refractivity (Wildman–Crippen MR) is 86.8 cm³/mol. The number of fused-ring (bicyclic) bond motifs is 1. The number of alkyl halides is 3. The molecule has 0 atom stereocenters. The number of carbonyl (C=O) groups is 1. The fraction of sp³-hybridized carbons (Fsp3) is 0.176. The lowest BCUT2D eigenvalue weighted by Crippen LogP contribution is -2.05. The van der Waals surface area contributed by atoms with Gasteiger partial charge in [-0.15, -0.1) is 0 Å². The van der Waals surface area contributed by atoms with Gasteiger partial charge in [-0.2, -0.15) is 13.2 Å². The van der Waals surface area contributed by atoms with Crippen molar-refractivity contribution < 1.29 is 22.7 Å². The highest BCUT2D eigenvalue weighted by atomic mass is 19.4. The molecule has 0 saturated heterocycles. The number of aromatic amines is 1.